The van der Waals surface area contributed by atoms with Gasteiger partial charge in [0.25, 0.3) is 5.69 Å². The van der Waals surface area contributed by atoms with Gasteiger partial charge in [-0.05, 0) is 245 Å². The van der Waals surface area contributed by atoms with Gasteiger partial charge in [-0.15, -0.1) is 0 Å². The van der Waals surface area contributed by atoms with Crippen LogP contribution in [0.4, 0.5) is 27.1 Å². The Morgan fingerprint density at radius 3 is 0.910 bits per heavy atom. The van der Waals surface area contributed by atoms with Crippen molar-refractivity contribution in [3.05, 3.63) is 488 Å². The van der Waals surface area contributed by atoms with Crippen LogP contribution in [-0.2, 0) is 0 Å². The molecule has 9 aromatic heterocycles. The quantitative estimate of drug-likeness (QED) is 0.0318. The monoisotopic (exact) mass is 2010 g/mol. The first kappa shape index (κ1) is 91.8. The highest BCUT2D eigenvalue weighted by Crippen LogP contribution is 2.34. The van der Waals surface area contributed by atoms with Gasteiger partial charge in [-0.25, -0.2) is 24.9 Å². The van der Waals surface area contributed by atoms with Gasteiger partial charge < -0.3 is 20.6 Å². The summed E-state index contributed by atoms with van der Waals surface area (Å²) in [7, 11) is -1.38. The molecule has 0 atom stereocenters. The van der Waals surface area contributed by atoms with Gasteiger partial charge in [0.15, 0.2) is 12.4 Å². The molecule has 133 heavy (non-hydrogen) atoms. The Balaban J connectivity index is 0.000000118. The minimum atomic E-state index is -1.38. The summed E-state index contributed by atoms with van der Waals surface area (Å²) in [6.45, 7) is 0. The number of imidazole rings is 5. The number of hydrogen-bond donors (Lipinski definition) is 3. The molecule has 9 heterocycles. The lowest BCUT2D eigenvalue weighted by molar-refractivity contribution is -0.605. The molecule has 0 aliphatic heterocycles. The summed E-state index contributed by atoms with van der Waals surface area (Å²) < 4.78 is 27.1. The summed E-state index contributed by atoms with van der Waals surface area (Å²) >= 11 is 13.1. The van der Waals surface area contributed by atoms with E-state index in [4.69, 9.17) is 10.0 Å². The maximum absolute atomic E-state index is 12.6. The molecule has 0 saturated carbocycles. The summed E-state index contributed by atoms with van der Waals surface area (Å²) in [5.74, 6) is -0.821. The third-order valence-corrected chi connectivity index (χ3v) is 22.3. The van der Waals surface area contributed by atoms with E-state index >= 15 is 0 Å². The fourth-order valence-electron chi connectivity index (χ4n) is 13.8. The average molecular weight is 2010 g/mol. The van der Waals surface area contributed by atoms with E-state index in [0.717, 1.165) is 148 Å². The van der Waals surface area contributed by atoms with E-state index in [2.05, 4.69) is 247 Å². The maximum Gasteiger partial charge on any atom is 0.488 e. The molecule has 0 aliphatic carbocycles. The standard InChI is InChI=1S/C18H13N3O.2C18H13N3.2C13H9BrN2.C12H9BrN2O2.C6H3BrFNO2.C5H6BNO2/c22-20-10-8-14(9-11-20)15-6-7-18-17(12-15)19-13-21(18)16-4-2-1-3-5-16;2*1-2-4-16(5-3-1)21-13-20-17-12-15(6-7-18(17)21)14-8-10-19-11-9-14;2*14-10-6-7-13-12(8-10)15-9-16(13)11-4-2-1-3-5-11;13-9-6-7-11(12(8-9)15(16)17)14-10-4-2-1-3-5-10;7-4-1-2-5(8)6(3-4)9(10)11;8-6(9)5-1-3-7-4-2-5/h1-13H;2*1-13H;2*1-9H;1-8,14H;1-3H;1-4,8-9H. The normalized spacial score (nSPS) is 10.5. The molecule has 0 amide bonds. The van der Waals surface area contributed by atoms with Crippen LogP contribution in [0.3, 0.4) is 0 Å². The van der Waals surface area contributed by atoms with Crippen molar-refractivity contribution in [2.45, 2.75) is 0 Å². The fourth-order valence-corrected chi connectivity index (χ4v) is 15.2. The predicted octanol–water partition coefficient (Wildman–Crippen LogP) is 24.4. The van der Waals surface area contributed by atoms with Crippen molar-refractivity contribution in [2.24, 2.45) is 0 Å². The lowest BCUT2D eigenvalue weighted by atomic mass is 9.81. The Bertz CT molecular complexity index is 7340. The summed E-state index contributed by atoms with van der Waals surface area (Å²) in [6, 6.07) is 115. The molecule has 13 aromatic carbocycles. The molecule has 0 saturated heterocycles. The van der Waals surface area contributed by atoms with E-state index in [1.165, 1.54) is 36.9 Å². The van der Waals surface area contributed by atoms with Crippen LogP contribution < -0.4 is 15.5 Å². The smallest absolute Gasteiger partial charge is 0.488 e. The van der Waals surface area contributed by atoms with E-state index in [-0.39, 0.29) is 5.69 Å². The molecule has 0 fully saturated rings. The third-order valence-electron chi connectivity index (χ3n) is 20.3. The summed E-state index contributed by atoms with van der Waals surface area (Å²) in [6.07, 6.45) is 22.5. The van der Waals surface area contributed by atoms with E-state index in [0.29, 0.717) is 20.1 Å². The molecule has 0 aliphatic rings. The van der Waals surface area contributed by atoms with Crippen molar-refractivity contribution in [3.63, 3.8) is 0 Å². The number of pyridine rings is 4. The van der Waals surface area contributed by atoms with Crippen LogP contribution in [0.25, 0.3) is 117 Å². The number of halogens is 5. The van der Waals surface area contributed by atoms with Gasteiger partial charge in [-0.3, -0.25) is 58.0 Å². The van der Waals surface area contributed by atoms with Gasteiger partial charge in [-0.1, -0.05) is 191 Å². The molecule has 652 valence electrons. The summed E-state index contributed by atoms with van der Waals surface area (Å²) in [5.41, 5.74) is 24.0. The summed E-state index contributed by atoms with van der Waals surface area (Å²) in [4.78, 5) is 54.0. The Kier molecular flexibility index (Phi) is 31.0. The number of hydrogen-bond acceptors (Lipinski definition) is 16. The molecule has 0 bridgehead atoms. The largest absolute Gasteiger partial charge is 0.619 e. The molecule has 22 rings (SSSR count). The highest BCUT2D eigenvalue weighted by Gasteiger charge is 2.18. The molecule has 30 heteroatoms. The highest BCUT2D eigenvalue weighted by molar-refractivity contribution is 9.11. The van der Waals surface area contributed by atoms with Crippen LogP contribution in [0.5, 0.6) is 0 Å². The number of rotatable bonds is 13. The number of fused-ring (bicyclic) bond motifs is 5. The zero-order chi connectivity index (χ0) is 92.4. The van der Waals surface area contributed by atoms with Crippen LogP contribution in [0, 0.1) is 31.3 Å². The fraction of sp³-hybridized carbons (Fsp3) is 0. The van der Waals surface area contributed by atoms with Crippen LogP contribution >= 0.6 is 63.7 Å². The lowest BCUT2D eigenvalue weighted by Gasteiger charge is -2.06. The Hall–Kier alpha value is -16.0. The van der Waals surface area contributed by atoms with E-state index in [1.54, 1.807) is 24.3 Å². The van der Waals surface area contributed by atoms with E-state index in [9.17, 15) is 29.8 Å². The first-order chi connectivity index (χ1) is 64.9. The van der Waals surface area contributed by atoms with Crippen LogP contribution in [0.1, 0.15) is 0 Å². The number of nitro groups is 2. The van der Waals surface area contributed by atoms with Crippen molar-refractivity contribution < 1.29 is 29.0 Å². The van der Waals surface area contributed by atoms with Gasteiger partial charge >= 0.3 is 12.8 Å². The number of nitrogens with zero attached hydrogens (tertiary/aromatic N) is 16. The molecule has 0 spiro atoms. The molecule has 0 radical (unpaired) electrons. The van der Waals surface area contributed by atoms with E-state index < -0.39 is 28.5 Å². The Labute approximate surface area is 795 Å². The van der Waals surface area contributed by atoms with Crippen molar-refractivity contribution in [3.8, 4) is 61.8 Å². The molecule has 0 unspecified atom stereocenters. The highest BCUT2D eigenvalue weighted by atomic mass is 79.9. The predicted molar refractivity (Wildman–Crippen MR) is 537 cm³/mol. The van der Waals surface area contributed by atoms with Gasteiger partial charge in [0, 0.05) is 113 Å². The second-order valence-corrected chi connectivity index (χ2v) is 32.6. The first-order valence-electron chi connectivity index (χ1n) is 41.0. The molecule has 22 aromatic rings. The van der Waals surface area contributed by atoms with E-state index in [1.807, 2.05) is 251 Å². The average Bonchev–Trinajstić information content (AvgIpc) is 1.67. The molecular formula is C103H75BBr4FN17O7. The number of para-hydroxylation sites is 6. The minimum absolute atomic E-state index is 0.0447. The number of aromatic nitrogens is 14. The minimum Gasteiger partial charge on any atom is -0.619 e. The lowest BCUT2D eigenvalue weighted by Crippen LogP contribution is -2.29. The summed E-state index contributed by atoms with van der Waals surface area (Å²) in [5, 5.41) is 52.3. The Morgan fingerprint density at radius 1 is 0.316 bits per heavy atom. The Morgan fingerprint density at radius 2 is 0.594 bits per heavy atom. The van der Waals surface area contributed by atoms with Crippen molar-refractivity contribution in [2.75, 3.05) is 5.32 Å². The molecular weight excluding hydrogens is 1940 g/mol. The second-order valence-electron chi connectivity index (χ2n) is 29.0. The van der Waals surface area contributed by atoms with Gasteiger partial charge in [0.2, 0.25) is 5.82 Å². The second kappa shape index (κ2) is 44.9. The topological polar surface area (TPSA) is 293 Å². The SMILES string of the molecule is Brc1ccc2c(c1)ncn2-c1ccccc1.Brc1ccc2c(c1)ncn2-c1ccccc1.O=[N+]([O-])c1cc(Br)ccc1F.O=[N+]([O-])c1cc(Br)ccc1Nc1ccccc1.OB(O)c1ccncc1.[O-][n+]1ccc(-c2ccc3c(c2)ncn3-c2ccccc2)cc1.c1ccc(-n2cnc3cc(-c4ccncc4)ccc32)cc1.c1ccc(-n2cnc3cc(-c4ccncc4)ccc32)cc1. The van der Waals surface area contributed by atoms with Crippen LogP contribution in [0.2, 0.25) is 0 Å². The van der Waals surface area contributed by atoms with Crippen molar-refractivity contribution in [1.29, 1.82) is 0 Å². The first-order valence-corrected chi connectivity index (χ1v) is 44.1. The molecule has 24 nitrogen and oxygen atoms in total. The molecule has 3 N–H and O–H groups in total. The van der Waals surface area contributed by atoms with Gasteiger partial charge in [-0.2, -0.15) is 9.12 Å². The van der Waals surface area contributed by atoms with Crippen molar-refractivity contribution >= 4 is 154 Å². The number of nitro benzene ring substituents is 2. The van der Waals surface area contributed by atoms with Crippen LogP contribution in [0.15, 0.2) is 457 Å². The van der Waals surface area contributed by atoms with Gasteiger partial charge in [0.05, 0.1) is 65.0 Å². The van der Waals surface area contributed by atoms with Gasteiger partial charge in [0.1, 0.15) is 37.3 Å². The van der Waals surface area contributed by atoms with Crippen LogP contribution in [-0.4, -0.2) is 89.7 Å². The maximum atomic E-state index is 12.6. The zero-order valence-electron chi connectivity index (χ0n) is 70.1. The third kappa shape index (κ3) is 24.1. The number of anilines is 2. The number of nitrogens with one attached hydrogen (secondary N) is 1. The van der Waals surface area contributed by atoms with Crippen molar-refractivity contribution in [1.82, 2.24) is 62.7 Å². The zero-order valence-corrected chi connectivity index (χ0v) is 76.5. The number of benzene rings is 13.